The molecular weight excluding hydrogens is 426 g/mol. The summed E-state index contributed by atoms with van der Waals surface area (Å²) in [6, 6.07) is 8.48. The summed E-state index contributed by atoms with van der Waals surface area (Å²) >= 11 is 0. The van der Waals surface area contributed by atoms with Gasteiger partial charge in [-0.05, 0) is 49.4 Å². The molecule has 0 aliphatic carbocycles. The Morgan fingerprint density at radius 1 is 1.12 bits per heavy atom. The number of phenols is 1. The molecule has 5 rings (SSSR count). The third-order valence-corrected chi connectivity index (χ3v) is 6.04. The Morgan fingerprint density at radius 3 is 2.61 bits per heavy atom. The molecule has 1 aliphatic rings. The van der Waals surface area contributed by atoms with Crippen LogP contribution in [0.5, 0.6) is 11.5 Å². The molecule has 8 heteroatoms. The van der Waals surface area contributed by atoms with E-state index in [1.165, 1.54) is 13.0 Å². The number of Topliss-reactive ketones (excluding diaryl/α,β-unsaturated/α-hetero) is 1. The maximum Gasteiger partial charge on any atom is 0.336 e. The molecule has 0 amide bonds. The SMILES string of the molecule is CC(=O)c1c2c(c3oc(=O)cc(C)c3c1O)C(c1cc3ccc(C)cc3[nH]c1=O)CC(=O)O2. The second-order valence-electron chi connectivity index (χ2n) is 8.35. The van der Waals surface area contributed by atoms with Gasteiger partial charge in [-0.1, -0.05) is 12.1 Å². The minimum absolute atomic E-state index is 0.0154. The van der Waals surface area contributed by atoms with Gasteiger partial charge in [0.05, 0.1) is 11.8 Å². The lowest BCUT2D eigenvalue weighted by atomic mass is 9.83. The number of hydrogen-bond donors (Lipinski definition) is 2. The largest absolute Gasteiger partial charge is 0.506 e. The molecule has 2 N–H and O–H groups in total. The number of ketones is 1. The van der Waals surface area contributed by atoms with Crippen LogP contribution in [0, 0.1) is 13.8 Å². The fraction of sp³-hybridized carbons (Fsp3) is 0.200. The maximum atomic E-state index is 13.1. The van der Waals surface area contributed by atoms with E-state index < -0.39 is 34.6 Å². The second-order valence-corrected chi connectivity index (χ2v) is 8.35. The molecule has 4 aromatic rings. The van der Waals surface area contributed by atoms with E-state index in [1.54, 1.807) is 13.0 Å². The number of pyridine rings is 1. The van der Waals surface area contributed by atoms with Crippen LogP contribution in [0.1, 0.15) is 51.9 Å². The summed E-state index contributed by atoms with van der Waals surface area (Å²) in [5.41, 5.74) is 1.18. The first kappa shape index (κ1) is 20.7. The molecule has 0 saturated carbocycles. The minimum Gasteiger partial charge on any atom is -0.506 e. The van der Waals surface area contributed by atoms with Crippen LogP contribution in [0.2, 0.25) is 0 Å². The number of benzene rings is 2. The van der Waals surface area contributed by atoms with Gasteiger partial charge in [0.25, 0.3) is 5.56 Å². The van der Waals surface area contributed by atoms with E-state index in [0.29, 0.717) is 11.1 Å². The van der Waals surface area contributed by atoms with Crippen molar-refractivity contribution in [3.05, 3.63) is 78.9 Å². The summed E-state index contributed by atoms with van der Waals surface area (Å²) in [5, 5.41) is 11.8. The highest BCUT2D eigenvalue weighted by molar-refractivity contribution is 6.09. The van der Waals surface area contributed by atoms with Crippen molar-refractivity contribution in [2.45, 2.75) is 33.1 Å². The molecule has 0 fully saturated rings. The zero-order valence-corrected chi connectivity index (χ0v) is 18.1. The highest BCUT2D eigenvalue weighted by atomic mass is 16.5. The molecule has 0 radical (unpaired) electrons. The summed E-state index contributed by atoms with van der Waals surface area (Å²) < 4.78 is 10.8. The van der Waals surface area contributed by atoms with Crippen molar-refractivity contribution >= 4 is 33.6 Å². The van der Waals surface area contributed by atoms with E-state index in [4.69, 9.17) is 9.15 Å². The Labute approximate surface area is 186 Å². The monoisotopic (exact) mass is 445 g/mol. The summed E-state index contributed by atoms with van der Waals surface area (Å²) in [6.45, 7) is 4.74. The number of nitrogens with one attached hydrogen (secondary N) is 1. The zero-order chi connectivity index (χ0) is 23.6. The number of esters is 1. The fourth-order valence-electron chi connectivity index (χ4n) is 4.59. The van der Waals surface area contributed by atoms with Crippen molar-refractivity contribution in [2.24, 2.45) is 0 Å². The standard InChI is InChI=1S/C25H19NO7/c1-10-4-5-13-8-15(25(31)26-16(13)6-10)14-9-18(29)33-24-20(12(3)27)22(30)19-11(2)7-17(28)32-23(19)21(14)24/h4-8,14,30H,9H2,1-3H3,(H,26,31). The van der Waals surface area contributed by atoms with Gasteiger partial charge in [-0.15, -0.1) is 0 Å². The number of ether oxygens (including phenoxy) is 1. The predicted octanol–water partition coefficient (Wildman–Crippen LogP) is 3.60. The maximum absolute atomic E-state index is 13.1. The van der Waals surface area contributed by atoms with Gasteiger partial charge in [-0.3, -0.25) is 14.4 Å². The lowest BCUT2D eigenvalue weighted by Crippen LogP contribution is -2.27. The average Bonchev–Trinajstić information content (AvgIpc) is 2.71. The molecule has 1 atom stereocenters. The summed E-state index contributed by atoms with van der Waals surface area (Å²) in [5.74, 6) is -2.69. The van der Waals surface area contributed by atoms with Gasteiger partial charge in [0.1, 0.15) is 16.9 Å². The lowest BCUT2D eigenvalue weighted by Gasteiger charge is -2.27. The van der Waals surface area contributed by atoms with Gasteiger partial charge >= 0.3 is 11.6 Å². The van der Waals surface area contributed by atoms with Gasteiger partial charge in [-0.25, -0.2) is 4.79 Å². The quantitative estimate of drug-likeness (QED) is 0.209. The molecule has 0 bridgehead atoms. The lowest BCUT2D eigenvalue weighted by molar-refractivity contribution is -0.135. The first-order valence-electron chi connectivity index (χ1n) is 10.3. The van der Waals surface area contributed by atoms with Crippen LogP contribution in [-0.2, 0) is 4.79 Å². The van der Waals surface area contributed by atoms with Gasteiger partial charge < -0.3 is 19.2 Å². The van der Waals surface area contributed by atoms with Crippen LogP contribution in [0.15, 0.2) is 44.3 Å². The number of rotatable bonds is 2. The van der Waals surface area contributed by atoms with Gasteiger partial charge in [-0.2, -0.15) is 0 Å². The van der Waals surface area contributed by atoms with Crippen molar-refractivity contribution < 1.29 is 23.8 Å². The summed E-state index contributed by atoms with van der Waals surface area (Å²) in [7, 11) is 0. The molecule has 2 aromatic heterocycles. The van der Waals surface area contributed by atoms with Crippen molar-refractivity contribution in [3.63, 3.8) is 0 Å². The number of aromatic nitrogens is 1. The molecule has 3 heterocycles. The van der Waals surface area contributed by atoms with E-state index in [-0.39, 0.29) is 39.8 Å². The van der Waals surface area contributed by atoms with E-state index in [0.717, 1.165) is 10.9 Å². The average molecular weight is 445 g/mol. The first-order valence-corrected chi connectivity index (χ1v) is 10.3. The molecule has 2 aromatic carbocycles. The molecule has 8 nitrogen and oxygen atoms in total. The van der Waals surface area contributed by atoms with Gasteiger partial charge in [0.2, 0.25) is 0 Å². The highest BCUT2D eigenvalue weighted by Crippen LogP contribution is 2.49. The number of carbonyl (C=O) groups excluding carboxylic acids is 2. The number of phenolic OH excluding ortho intramolecular Hbond substituents is 1. The number of hydrogen-bond acceptors (Lipinski definition) is 7. The molecule has 0 saturated heterocycles. The third kappa shape index (κ3) is 3.14. The van der Waals surface area contributed by atoms with Gasteiger partial charge in [0.15, 0.2) is 11.5 Å². The molecule has 1 unspecified atom stereocenters. The molecule has 0 spiro atoms. The van der Waals surface area contributed by atoms with Crippen LogP contribution < -0.4 is 15.9 Å². The van der Waals surface area contributed by atoms with Crippen LogP contribution >= 0.6 is 0 Å². The second kappa shape index (κ2) is 7.16. The van der Waals surface area contributed by atoms with E-state index in [9.17, 15) is 24.3 Å². The van der Waals surface area contributed by atoms with E-state index in [2.05, 4.69) is 4.98 Å². The van der Waals surface area contributed by atoms with Crippen LogP contribution in [-0.4, -0.2) is 21.8 Å². The smallest absolute Gasteiger partial charge is 0.336 e. The number of fused-ring (bicyclic) bond motifs is 4. The van der Waals surface area contributed by atoms with Gasteiger partial charge in [0, 0.05) is 28.6 Å². The van der Waals surface area contributed by atoms with Crippen molar-refractivity contribution in [1.82, 2.24) is 4.98 Å². The van der Waals surface area contributed by atoms with Crippen LogP contribution in [0.4, 0.5) is 0 Å². The minimum atomic E-state index is -0.859. The Kier molecular flexibility index (Phi) is 4.49. The molecule has 166 valence electrons. The third-order valence-electron chi connectivity index (χ3n) is 6.04. The Bertz CT molecular complexity index is 1640. The number of carbonyl (C=O) groups is 2. The number of aromatic amines is 1. The fourth-order valence-corrected chi connectivity index (χ4v) is 4.59. The summed E-state index contributed by atoms with van der Waals surface area (Å²) in [6.07, 6.45) is -0.206. The van der Waals surface area contributed by atoms with E-state index >= 15 is 0 Å². The summed E-state index contributed by atoms with van der Waals surface area (Å²) in [4.78, 5) is 53.2. The number of aryl methyl sites for hydroxylation is 2. The van der Waals surface area contributed by atoms with Crippen molar-refractivity contribution in [1.29, 1.82) is 0 Å². The first-order chi connectivity index (χ1) is 15.7. The Morgan fingerprint density at radius 2 is 1.88 bits per heavy atom. The van der Waals surface area contributed by atoms with Crippen LogP contribution in [0.3, 0.4) is 0 Å². The Balaban J connectivity index is 1.93. The van der Waals surface area contributed by atoms with Crippen molar-refractivity contribution in [2.75, 3.05) is 0 Å². The normalized spacial score (nSPS) is 15.5. The van der Waals surface area contributed by atoms with Crippen molar-refractivity contribution in [3.8, 4) is 11.5 Å². The van der Waals surface area contributed by atoms with Crippen LogP contribution in [0.25, 0.3) is 21.9 Å². The number of aromatic hydroxyl groups is 1. The molecule has 33 heavy (non-hydrogen) atoms. The molecule has 1 aliphatic heterocycles. The predicted molar refractivity (Wildman–Crippen MR) is 120 cm³/mol. The number of H-pyrrole nitrogens is 1. The topological polar surface area (TPSA) is 127 Å². The molecular formula is C25H19NO7. The Hall–Kier alpha value is -4.20. The van der Waals surface area contributed by atoms with E-state index in [1.807, 2.05) is 25.1 Å². The zero-order valence-electron chi connectivity index (χ0n) is 18.1. The highest BCUT2D eigenvalue weighted by Gasteiger charge is 2.38.